The Morgan fingerprint density at radius 2 is 2.00 bits per heavy atom. The minimum atomic E-state index is 0. The van der Waals surface area contributed by atoms with Crippen LogP contribution in [-0.4, -0.2) is 55.9 Å². The van der Waals surface area contributed by atoms with Crippen molar-refractivity contribution in [2.24, 2.45) is 4.99 Å². The number of benzene rings is 1. The van der Waals surface area contributed by atoms with Gasteiger partial charge in [-0.15, -0.1) is 24.0 Å². The van der Waals surface area contributed by atoms with Crippen LogP contribution in [0.15, 0.2) is 23.2 Å². The maximum absolute atomic E-state index is 5.59. The summed E-state index contributed by atoms with van der Waals surface area (Å²) in [6.07, 6.45) is 4.19. The molecule has 0 aromatic heterocycles. The smallest absolute Gasteiger partial charge is 0.191 e. The molecule has 0 atom stereocenters. The van der Waals surface area contributed by atoms with Gasteiger partial charge < -0.3 is 20.1 Å². The van der Waals surface area contributed by atoms with E-state index in [0.29, 0.717) is 0 Å². The summed E-state index contributed by atoms with van der Waals surface area (Å²) in [4.78, 5) is 4.91. The lowest BCUT2D eigenvalue weighted by Gasteiger charge is -2.35. The van der Waals surface area contributed by atoms with Gasteiger partial charge in [0.1, 0.15) is 5.75 Å². The Morgan fingerprint density at radius 3 is 2.75 bits per heavy atom. The molecule has 1 aromatic rings. The Balaban J connectivity index is 0.00000280. The number of halogens is 1. The van der Waals surface area contributed by atoms with Gasteiger partial charge in [0.25, 0.3) is 0 Å². The summed E-state index contributed by atoms with van der Waals surface area (Å²) in [5.41, 5.74) is 2.69. The molecule has 158 valence electrons. The monoisotopic (exact) mass is 519 g/mol. The van der Waals surface area contributed by atoms with Crippen LogP contribution in [0.3, 0.4) is 0 Å². The summed E-state index contributed by atoms with van der Waals surface area (Å²) in [5, 5.41) is 6.89. The minimum Gasteiger partial charge on any atom is -0.493 e. The van der Waals surface area contributed by atoms with Crippen LogP contribution in [0.2, 0.25) is 0 Å². The second kappa shape index (κ2) is 12.1. The topological polar surface area (TPSA) is 54.9 Å². The summed E-state index contributed by atoms with van der Waals surface area (Å²) >= 11 is 2.04. The third kappa shape index (κ3) is 6.69. The van der Waals surface area contributed by atoms with E-state index >= 15 is 0 Å². The fraction of sp³-hybridized carbons (Fsp3) is 0.667. The number of nitrogens with zero attached hydrogens (tertiary/aromatic N) is 1. The lowest BCUT2D eigenvalue weighted by atomic mass is 9.99. The van der Waals surface area contributed by atoms with Crippen LogP contribution < -0.4 is 15.4 Å². The molecule has 1 saturated heterocycles. The number of aliphatic imine (C=N–C) groups is 1. The summed E-state index contributed by atoms with van der Waals surface area (Å²) < 4.78 is 11.4. The van der Waals surface area contributed by atoms with Gasteiger partial charge in [0.05, 0.1) is 13.2 Å². The molecule has 2 N–H and O–H groups in total. The first-order valence-corrected chi connectivity index (χ1v) is 11.2. The Kier molecular flexibility index (Phi) is 10.2. The van der Waals surface area contributed by atoms with Crippen molar-refractivity contribution in [2.45, 2.75) is 44.3 Å². The zero-order chi connectivity index (χ0) is 19.0. The molecule has 28 heavy (non-hydrogen) atoms. The molecule has 0 saturated carbocycles. The molecule has 0 amide bonds. The van der Waals surface area contributed by atoms with Gasteiger partial charge in [-0.2, -0.15) is 11.8 Å². The lowest BCUT2D eigenvalue weighted by molar-refractivity contribution is 0.0793. The molecule has 0 unspecified atom stereocenters. The molecule has 0 bridgehead atoms. The number of fused-ring (bicyclic) bond motifs is 1. The van der Waals surface area contributed by atoms with Crippen LogP contribution in [0.25, 0.3) is 0 Å². The third-order valence-corrected chi connectivity index (χ3v) is 6.62. The van der Waals surface area contributed by atoms with Gasteiger partial charge in [0.2, 0.25) is 0 Å². The number of hydrogen-bond acceptors (Lipinski definition) is 4. The fourth-order valence-corrected chi connectivity index (χ4v) is 4.91. The predicted molar refractivity (Wildman–Crippen MR) is 130 cm³/mol. The van der Waals surface area contributed by atoms with Crippen LogP contribution in [0, 0.1) is 0 Å². The first-order chi connectivity index (χ1) is 13.2. The van der Waals surface area contributed by atoms with Crippen LogP contribution in [0.1, 0.15) is 37.8 Å². The quantitative estimate of drug-likeness (QED) is 0.312. The van der Waals surface area contributed by atoms with Gasteiger partial charge in [-0.3, -0.25) is 4.99 Å². The maximum Gasteiger partial charge on any atom is 0.191 e. The third-order valence-electron chi connectivity index (χ3n) is 5.18. The van der Waals surface area contributed by atoms with Crippen molar-refractivity contribution in [3.8, 4) is 5.75 Å². The van der Waals surface area contributed by atoms with Gasteiger partial charge in [0.15, 0.2) is 5.96 Å². The molecule has 5 nitrogen and oxygen atoms in total. The molecule has 0 spiro atoms. The highest BCUT2D eigenvalue weighted by atomic mass is 127. The van der Waals surface area contributed by atoms with E-state index < -0.39 is 0 Å². The van der Waals surface area contributed by atoms with Gasteiger partial charge >= 0.3 is 0 Å². The molecule has 2 heterocycles. The van der Waals surface area contributed by atoms with E-state index in [1.165, 1.54) is 11.1 Å². The highest BCUT2D eigenvalue weighted by Gasteiger charge is 2.32. The zero-order valence-corrected chi connectivity index (χ0v) is 20.2. The number of rotatable bonds is 8. The average molecular weight is 519 g/mol. The van der Waals surface area contributed by atoms with Gasteiger partial charge in [-0.1, -0.05) is 19.1 Å². The molecule has 3 rings (SSSR count). The van der Waals surface area contributed by atoms with Crippen molar-refractivity contribution in [1.82, 2.24) is 10.6 Å². The largest absolute Gasteiger partial charge is 0.493 e. The Hall–Kier alpha value is -0.670. The average Bonchev–Trinajstić information content (AvgIpc) is 3.15. The number of guanidine groups is 1. The SMILES string of the molecule is CCNC(=NCC1(SCC)CCOCC1)NCCc1ccc2c(c1)CCO2.I. The van der Waals surface area contributed by atoms with Crippen molar-refractivity contribution in [3.05, 3.63) is 29.3 Å². The van der Waals surface area contributed by atoms with Gasteiger partial charge in [-0.25, -0.2) is 0 Å². The highest BCUT2D eigenvalue weighted by Crippen LogP contribution is 2.35. The van der Waals surface area contributed by atoms with E-state index in [1.807, 2.05) is 11.8 Å². The van der Waals surface area contributed by atoms with Crippen molar-refractivity contribution in [1.29, 1.82) is 0 Å². The van der Waals surface area contributed by atoms with Crippen molar-refractivity contribution in [2.75, 3.05) is 45.2 Å². The highest BCUT2D eigenvalue weighted by molar-refractivity contribution is 14.0. The summed E-state index contributed by atoms with van der Waals surface area (Å²) in [6.45, 7) is 9.47. The normalized spacial score (nSPS) is 18.0. The Bertz CT molecular complexity index is 631. The molecule has 0 radical (unpaired) electrons. The van der Waals surface area contributed by atoms with E-state index in [4.69, 9.17) is 14.5 Å². The predicted octanol–water partition coefficient (Wildman–Crippen LogP) is 3.64. The van der Waals surface area contributed by atoms with Crippen LogP contribution in [0.4, 0.5) is 0 Å². The zero-order valence-electron chi connectivity index (χ0n) is 17.1. The molecule has 1 aromatic carbocycles. The standard InChI is InChI=1S/C21H33N3O2S.HI/c1-3-22-20(24-16-21(27-4-2)9-13-25-14-10-21)23-11-7-17-5-6-19-18(15-17)8-12-26-19;/h5-6,15H,3-4,7-14,16H2,1-2H3,(H2,22,23,24);1H. The summed E-state index contributed by atoms with van der Waals surface area (Å²) in [5.74, 6) is 3.10. The summed E-state index contributed by atoms with van der Waals surface area (Å²) in [7, 11) is 0. The van der Waals surface area contributed by atoms with E-state index in [2.05, 4.69) is 42.7 Å². The van der Waals surface area contributed by atoms with Crippen molar-refractivity contribution in [3.63, 3.8) is 0 Å². The molecule has 1 fully saturated rings. The van der Waals surface area contributed by atoms with Crippen LogP contribution >= 0.6 is 35.7 Å². The molecule has 2 aliphatic rings. The van der Waals surface area contributed by atoms with E-state index in [0.717, 1.165) is 82.6 Å². The summed E-state index contributed by atoms with van der Waals surface area (Å²) in [6, 6.07) is 6.56. The first kappa shape index (κ1) is 23.6. The van der Waals surface area contributed by atoms with Crippen LogP contribution in [-0.2, 0) is 17.6 Å². The second-order valence-corrected chi connectivity index (χ2v) is 8.87. The van der Waals surface area contributed by atoms with Gasteiger partial charge in [-0.05, 0) is 49.1 Å². The lowest BCUT2D eigenvalue weighted by Crippen LogP contribution is -2.41. The van der Waals surface area contributed by atoms with E-state index in [1.54, 1.807) is 0 Å². The Morgan fingerprint density at radius 1 is 1.18 bits per heavy atom. The first-order valence-electron chi connectivity index (χ1n) is 10.2. The van der Waals surface area contributed by atoms with E-state index in [9.17, 15) is 0 Å². The fourth-order valence-electron chi connectivity index (χ4n) is 3.68. The molecule has 2 aliphatic heterocycles. The van der Waals surface area contributed by atoms with Crippen molar-refractivity contribution < 1.29 is 9.47 Å². The number of ether oxygens (including phenoxy) is 2. The van der Waals surface area contributed by atoms with Crippen molar-refractivity contribution >= 4 is 41.7 Å². The second-order valence-electron chi connectivity index (χ2n) is 7.14. The number of hydrogen-bond donors (Lipinski definition) is 2. The van der Waals surface area contributed by atoms with E-state index in [-0.39, 0.29) is 28.7 Å². The van der Waals surface area contributed by atoms with Gasteiger partial charge in [0, 0.05) is 37.5 Å². The Labute approximate surface area is 190 Å². The van der Waals surface area contributed by atoms with Crippen LogP contribution in [0.5, 0.6) is 5.75 Å². The molecule has 0 aliphatic carbocycles. The number of nitrogens with one attached hydrogen (secondary N) is 2. The molecule has 7 heteroatoms. The molecular formula is C21H34IN3O2S. The maximum atomic E-state index is 5.59. The molecular weight excluding hydrogens is 485 g/mol. The minimum absolute atomic E-state index is 0. The number of thioether (sulfide) groups is 1.